The van der Waals surface area contributed by atoms with Gasteiger partial charge in [0.2, 0.25) is 6.54 Å². The highest BCUT2D eigenvalue weighted by Crippen LogP contribution is 2.41. The first-order valence-corrected chi connectivity index (χ1v) is 7.19. The SMILES string of the molecule is CC(C)(C#N)C=NOC(=O)N(CC[N+](=O)[O-])SC(Cl)(Cl)Cl. The zero-order chi connectivity index (χ0) is 16.7. The lowest BCUT2D eigenvalue weighted by molar-refractivity contribution is -0.478. The summed E-state index contributed by atoms with van der Waals surface area (Å²) in [5.74, 6) is 0. The van der Waals surface area contributed by atoms with Gasteiger partial charge in [-0.05, 0) is 13.8 Å². The van der Waals surface area contributed by atoms with Crippen molar-refractivity contribution < 1.29 is 14.6 Å². The van der Waals surface area contributed by atoms with Gasteiger partial charge in [0, 0.05) is 16.9 Å². The topological polar surface area (TPSA) is 109 Å². The fraction of sp³-hybridized carbons (Fsp3) is 0.667. The van der Waals surface area contributed by atoms with Crippen LogP contribution < -0.4 is 0 Å². The Morgan fingerprint density at radius 3 is 2.57 bits per heavy atom. The van der Waals surface area contributed by atoms with E-state index in [0.717, 1.165) is 10.5 Å². The Labute approximate surface area is 140 Å². The van der Waals surface area contributed by atoms with Crippen molar-refractivity contribution in [3.8, 4) is 6.07 Å². The highest BCUT2D eigenvalue weighted by atomic mass is 35.6. The van der Waals surface area contributed by atoms with Gasteiger partial charge in [-0.2, -0.15) is 5.26 Å². The van der Waals surface area contributed by atoms with Gasteiger partial charge in [0.25, 0.3) is 3.12 Å². The van der Waals surface area contributed by atoms with Crippen molar-refractivity contribution >= 4 is 59.1 Å². The lowest BCUT2D eigenvalue weighted by Gasteiger charge is -2.21. The maximum absolute atomic E-state index is 11.7. The van der Waals surface area contributed by atoms with E-state index in [2.05, 4.69) is 9.99 Å². The third-order valence-corrected chi connectivity index (χ3v) is 3.08. The molecule has 0 aromatic rings. The van der Waals surface area contributed by atoms with Crippen LogP contribution in [0.5, 0.6) is 0 Å². The second-order valence-electron chi connectivity index (χ2n) is 4.12. The average Bonchev–Trinajstić information content (AvgIpc) is 2.32. The molecule has 0 aliphatic rings. The van der Waals surface area contributed by atoms with Crippen molar-refractivity contribution in [2.24, 2.45) is 10.6 Å². The molecule has 0 fully saturated rings. The molecule has 0 unspecified atom stereocenters. The van der Waals surface area contributed by atoms with E-state index in [-0.39, 0.29) is 6.54 Å². The van der Waals surface area contributed by atoms with Crippen LogP contribution in [-0.2, 0) is 4.84 Å². The van der Waals surface area contributed by atoms with Gasteiger partial charge in [0.05, 0.1) is 17.7 Å². The van der Waals surface area contributed by atoms with Crippen LogP contribution in [0.25, 0.3) is 0 Å². The molecule has 0 bridgehead atoms. The first kappa shape index (κ1) is 20.1. The fourth-order valence-electron chi connectivity index (χ4n) is 0.749. The number of nitriles is 1. The molecule has 0 saturated carbocycles. The number of alkyl halides is 3. The van der Waals surface area contributed by atoms with Gasteiger partial charge < -0.3 is 0 Å². The summed E-state index contributed by atoms with van der Waals surface area (Å²) in [6, 6.07) is 1.91. The molecule has 0 aliphatic heterocycles. The van der Waals surface area contributed by atoms with E-state index in [0.29, 0.717) is 11.9 Å². The Morgan fingerprint density at radius 1 is 1.57 bits per heavy atom. The smallest absolute Gasteiger partial charge is 0.298 e. The normalized spacial score (nSPS) is 12.0. The Bertz CT molecular complexity index is 461. The molecule has 0 saturated heterocycles. The fourth-order valence-corrected chi connectivity index (χ4v) is 2.03. The molecule has 0 N–H and O–H groups in total. The van der Waals surface area contributed by atoms with E-state index in [1.165, 1.54) is 0 Å². The molecule has 0 aliphatic carbocycles. The zero-order valence-corrected chi connectivity index (χ0v) is 14.0. The number of rotatable bonds is 6. The monoisotopic (exact) mass is 376 g/mol. The van der Waals surface area contributed by atoms with Crippen LogP contribution in [-0.4, -0.2) is 37.8 Å². The minimum absolute atomic E-state index is 0.346. The van der Waals surface area contributed by atoms with Gasteiger partial charge in [-0.3, -0.25) is 15.0 Å². The van der Waals surface area contributed by atoms with Crippen LogP contribution >= 0.6 is 46.8 Å². The molecule has 0 atom stereocenters. The Balaban J connectivity index is 4.72. The van der Waals surface area contributed by atoms with Crippen molar-refractivity contribution in [2.75, 3.05) is 13.1 Å². The van der Waals surface area contributed by atoms with E-state index in [1.807, 2.05) is 6.07 Å². The molecular formula is C9H11Cl3N4O4S. The molecule has 21 heavy (non-hydrogen) atoms. The third-order valence-electron chi connectivity index (χ3n) is 1.70. The number of hydrogen-bond donors (Lipinski definition) is 0. The summed E-state index contributed by atoms with van der Waals surface area (Å²) < 4.78 is -1.14. The number of nitro groups is 1. The lowest BCUT2D eigenvalue weighted by Crippen LogP contribution is -2.31. The first-order valence-electron chi connectivity index (χ1n) is 5.29. The van der Waals surface area contributed by atoms with Crippen LogP contribution in [0.3, 0.4) is 0 Å². The second kappa shape index (κ2) is 8.48. The largest absolute Gasteiger partial charge is 0.446 e. The number of carbonyl (C=O) groups excluding carboxylic acids is 1. The van der Waals surface area contributed by atoms with Gasteiger partial charge in [-0.15, -0.1) is 0 Å². The van der Waals surface area contributed by atoms with Gasteiger partial charge in [0.15, 0.2) is 0 Å². The van der Waals surface area contributed by atoms with Crippen LogP contribution in [0.1, 0.15) is 13.8 Å². The molecule has 0 heterocycles. The molecule has 0 rings (SSSR count). The Morgan fingerprint density at radius 2 is 2.14 bits per heavy atom. The molecule has 118 valence electrons. The molecule has 0 spiro atoms. The number of halogens is 3. The highest BCUT2D eigenvalue weighted by molar-refractivity contribution is 8.03. The van der Waals surface area contributed by atoms with Gasteiger partial charge in [-0.1, -0.05) is 40.0 Å². The Hall–Kier alpha value is -0.950. The zero-order valence-electron chi connectivity index (χ0n) is 11.0. The van der Waals surface area contributed by atoms with Crippen molar-refractivity contribution in [3.05, 3.63) is 10.1 Å². The molecular weight excluding hydrogens is 367 g/mol. The van der Waals surface area contributed by atoms with Gasteiger partial charge in [0.1, 0.15) is 6.54 Å². The minimum Gasteiger partial charge on any atom is -0.298 e. The molecule has 8 nitrogen and oxygen atoms in total. The number of nitrogens with zero attached hydrogens (tertiary/aromatic N) is 4. The van der Waals surface area contributed by atoms with Crippen molar-refractivity contribution in [1.29, 1.82) is 5.26 Å². The number of carbonyl (C=O) groups is 1. The lowest BCUT2D eigenvalue weighted by atomic mass is 9.98. The summed E-state index contributed by atoms with van der Waals surface area (Å²) >= 11 is 17.0. The van der Waals surface area contributed by atoms with Gasteiger partial charge >= 0.3 is 6.09 Å². The number of amides is 1. The van der Waals surface area contributed by atoms with E-state index < -0.39 is 26.1 Å². The van der Waals surface area contributed by atoms with Gasteiger partial charge in [-0.25, -0.2) is 9.10 Å². The predicted octanol–water partition coefficient (Wildman–Crippen LogP) is 3.21. The quantitative estimate of drug-likeness (QED) is 0.175. The predicted molar refractivity (Wildman–Crippen MR) is 80.8 cm³/mol. The summed E-state index contributed by atoms with van der Waals surface area (Å²) in [6.45, 7) is 2.19. The van der Waals surface area contributed by atoms with Crippen LogP contribution in [0, 0.1) is 26.9 Å². The minimum atomic E-state index is -1.90. The molecule has 0 aromatic heterocycles. The average molecular weight is 378 g/mol. The summed E-state index contributed by atoms with van der Waals surface area (Å²) in [6.07, 6.45) is 0.0505. The Kier molecular flexibility index (Phi) is 8.10. The first-order chi connectivity index (χ1) is 9.47. The number of oxime groups is 1. The number of hydrogen-bond acceptors (Lipinski definition) is 7. The maximum atomic E-state index is 11.7. The summed E-state index contributed by atoms with van der Waals surface area (Å²) in [5.41, 5.74) is -0.936. The standard InChI is InChI=1S/C9H11Cl3N4O4S/c1-8(2,5-13)6-14-20-7(17)15(3-4-16(18)19)21-9(10,11)12/h6H,3-4H2,1-2H3. The van der Waals surface area contributed by atoms with E-state index in [4.69, 9.17) is 40.1 Å². The molecule has 1 amide bonds. The van der Waals surface area contributed by atoms with Crippen molar-refractivity contribution in [3.63, 3.8) is 0 Å². The summed E-state index contributed by atoms with van der Waals surface area (Å²) in [4.78, 5) is 25.9. The van der Waals surface area contributed by atoms with Crippen molar-refractivity contribution in [1.82, 2.24) is 4.31 Å². The molecule has 12 heteroatoms. The van der Waals surface area contributed by atoms with E-state index >= 15 is 0 Å². The second-order valence-corrected chi connectivity index (χ2v) is 8.31. The molecule has 0 radical (unpaired) electrons. The maximum Gasteiger partial charge on any atom is 0.446 e. The highest BCUT2D eigenvalue weighted by Gasteiger charge is 2.30. The van der Waals surface area contributed by atoms with E-state index in [9.17, 15) is 14.9 Å². The van der Waals surface area contributed by atoms with Crippen LogP contribution in [0.4, 0.5) is 4.79 Å². The van der Waals surface area contributed by atoms with Crippen LogP contribution in [0.15, 0.2) is 5.16 Å². The summed E-state index contributed by atoms with van der Waals surface area (Å²) in [7, 11) is 0. The summed E-state index contributed by atoms with van der Waals surface area (Å²) in [5, 5.41) is 22.4. The van der Waals surface area contributed by atoms with Crippen LogP contribution in [0.2, 0.25) is 0 Å². The molecule has 0 aromatic carbocycles. The third kappa shape index (κ3) is 10.4. The van der Waals surface area contributed by atoms with Crippen molar-refractivity contribution in [2.45, 2.75) is 17.0 Å². The van der Waals surface area contributed by atoms with E-state index in [1.54, 1.807) is 13.8 Å².